The van der Waals surface area contributed by atoms with Crippen molar-refractivity contribution in [2.75, 3.05) is 0 Å². The van der Waals surface area contributed by atoms with Crippen LogP contribution < -0.4 is 10.6 Å². The molecule has 0 radical (unpaired) electrons. The Morgan fingerprint density at radius 1 is 0.673 bits per heavy atom. The van der Waals surface area contributed by atoms with Crippen LogP contribution in [0.3, 0.4) is 0 Å². The summed E-state index contributed by atoms with van der Waals surface area (Å²) in [6, 6.07) is 17.1. The number of aliphatic carboxylic acids is 1. The SMILES string of the molecule is CC(C)(C)OC(=O)N[C@@H](Cc1ccc(O)c(I)c1)C(=O)O.CC(C)(C)OC(=O)N[C@@H](Cc1ccc(O)c(I)c1)C(=O)OCc1ccccc1. The van der Waals surface area contributed by atoms with Crippen molar-refractivity contribution in [3.8, 4) is 11.5 Å². The van der Waals surface area contributed by atoms with Crippen molar-refractivity contribution in [1.29, 1.82) is 0 Å². The number of carboxylic acids is 1. The highest BCUT2D eigenvalue weighted by molar-refractivity contribution is 14.1. The Balaban J connectivity index is 0.000000355. The molecular formula is C35H42I2N2O10. The third-order valence-electron chi connectivity index (χ3n) is 6.09. The number of alkyl carbamates (subject to hydrolysis) is 2. The van der Waals surface area contributed by atoms with E-state index in [9.17, 15) is 34.5 Å². The predicted octanol–water partition coefficient (Wildman–Crippen LogP) is 6.69. The van der Waals surface area contributed by atoms with Gasteiger partial charge in [0.05, 0.1) is 7.14 Å². The average Bonchev–Trinajstić information content (AvgIpc) is 2.98. The fourth-order valence-corrected chi connectivity index (χ4v) is 5.11. The van der Waals surface area contributed by atoms with E-state index in [0.717, 1.165) is 11.1 Å². The molecule has 0 aromatic heterocycles. The molecule has 0 heterocycles. The predicted molar refractivity (Wildman–Crippen MR) is 199 cm³/mol. The van der Waals surface area contributed by atoms with Gasteiger partial charge in [0.25, 0.3) is 0 Å². The lowest BCUT2D eigenvalue weighted by Gasteiger charge is -2.23. The fourth-order valence-electron chi connectivity index (χ4n) is 3.95. The molecule has 0 fully saturated rings. The molecule has 2 amide bonds. The van der Waals surface area contributed by atoms with Gasteiger partial charge in [0.1, 0.15) is 41.4 Å². The normalized spacial score (nSPS) is 12.3. The number of carbonyl (C=O) groups excluding carboxylic acids is 3. The number of carbonyl (C=O) groups is 4. The highest BCUT2D eigenvalue weighted by atomic mass is 127. The Kier molecular flexibility index (Phi) is 15.9. The summed E-state index contributed by atoms with van der Waals surface area (Å²) in [4.78, 5) is 47.7. The Morgan fingerprint density at radius 2 is 1.10 bits per heavy atom. The summed E-state index contributed by atoms with van der Waals surface area (Å²) >= 11 is 3.95. The number of esters is 1. The van der Waals surface area contributed by atoms with Crippen molar-refractivity contribution in [3.63, 3.8) is 0 Å². The van der Waals surface area contributed by atoms with Crippen LogP contribution in [0.4, 0.5) is 9.59 Å². The number of phenols is 2. The second kappa shape index (κ2) is 18.8. The number of rotatable bonds is 10. The van der Waals surface area contributed by atoms with E-state index in [1.165, 1.54) is 6.07 Å². The maximum atomic E-state index is 12.6. The molecule has 3 aromatic carbocycles. The molecule has 0 bridgehead atoms. The van der Waals surface area contributed by atoms with Gasteiger partial charge in [0, 0.05) is 12.8 Å². The van der Waals surface area contributed by atoms with Crippen LogP contribution in [-0.4, -0.2) is 62.7 Å². The minimum atomic E-state index is -1.15. The summed E-state index contributed by atoms with van der Waals surface area (Å²) < 4.78 is 17.0. The molecule has 5 N–H and O–H groups in total. The zero-order chi connectivity index (χ0) is 36.9. The summed E-state index contributed by atoms with van der Waals surface area (Å²) in [5.74, 6) is -1.42. The number of benzene rings is 3. The smallest absolute Gasteiger partial charge is 0.408 e. The second-order valence-corrected chi connectivity index (χ2v) is 15.1. The molecule has 0 saturated carbocycles. The third kappa shape index (κ3) is 16.4. The molecule has 0 aliphatic carbocycles. The summed E-state index contributed by atoms with van der Waals surface area (Å²) in [7, 11) is 0. The van der Waals surface area contributed by atoms with E-state index in [-0.39, 0.29) is 30.9 Å². The first kappa shape index (κ1) is 41.4. The summed E-state index contributed by atoms with van der Waals surface area (Å²) in [5.41, 5.74) is 0.948. The van der Waals surface area contributed by atoms with E-state index in [1.54, 1.807) is 71.9 Å². The Bertz CT molecular complexity index is 1590. The van der Waals surface area contributed by atoms with Gasteiger partial charge in [0.15, 0.2) is 0 Å². The molecule has 0 spiro atoms. The van der Waals surface area contributed by atoms with Gasteiger partial charge in [-0.3, -0.25) is 0 Å². The van der Waals surface area contributed by atoms with Crippen molar-refractivity contribution in [2.45, 2.75) is 84.3 Å². The second-order valence-electron chi connectivity index (χ2n) is 12.8. The molecule has 0 saturated heterocycles. The van der Waals surface area contributed by atoms with Crippen LogP contribution in [0, 0.1) is 7.14 Å². The number of amides is 2. The molecule has 0 unspecified atom stereocenters. The topological polar surface area (TPSA) is 181 Å². The highest BCUT2D eigenvalue weighted by Gasteiger charge is 2.27. The van der Waals surface area contributed by atoms with Gasteiger partial charge in [-0.25, -0.2) is 19.2 Å². The third-order valence-corrected chi connectivity index (χ3v) is 7.82. The van der Waals surface area contributed by atoms with E-state index in [0.29, 0.717) is 12.7 Å². The number of ether oxygens (including phenoxy) is 3. The summed E-state index contributed by atoms with van der Waals surface area (Å²) in [6.07, 6.45) is -1.15. The van der Waals surface area contributed by atoms with Crippen LogP contribution >= 0.6 is 45.2 Å². The Morgan fingerprint density at radius 3 is 1.51 bits per heavy atom. The van der Waals surface area contributed by atoms with Crippen molar-refractivity contribution in [2.24, 2.45) is 0 Å². The van der Waals surface area contributed by atoms with Crippen LogP contribution in [0.15, 0.2) is 66.7 Å². The molecule has 3 rings (SSSR count). The monoisotopic (exact) mass is 904 g/mol. The number of hydrogen-bond acceptors (Lipinski definition) is 9. The van der Waals surface area contributed by atoms with E-state index in [4.69, 9.17) is 14.2 Å². The lowest BCUT2D eigenvalue weighted by molar-refractivity contribution is -0.147. The number of hydrogen-bond donors (Lipinski definition) is 5. The standard InChI is InChI=1S/C21H24INO5.C14H18INO5/c1-21(2,3)28-20(26)23-17(12-15-9-10-18(24)16(22)11-15)19(25)27-13-14-7-5-4-6-8-14;1-14(2,3)21-13(20)16-10(12(18)19)7-8-4-5-11(17)9(15)6-8/h4-11,17,24H,12-13H2,1-3H3,(H,23,26);4-6,10,17H,7H2,1-3H3,(H,16,20)(H,18,19)/t17-;10-/m00/s1. The Labute approximate surface area is 313 Å². The van der Waals surface area contributed by atoms with Crippen LogP contribution in [0.5, 0.6) is 11.5 Å². The first-order valence-electron chi connectivity index (χ1n) is 15.1. The molecule has 0 aliphatic rings. The molecular weight excluding hydrogens is 862 g/mol. The van der Waals surface area contributed by atoms with Gasteiger partial charge >= 0.3 is 24.1 Å². The first-order valence-corrected chi connectivity index (χ1v) is 17.3. The lowest BCUT2D eigenvalue weighted by Crippen LogP contribution is -2.45. The van der Waals surface area contributed by atoms with E-state index in [1.807, 2.05) is 75.5 Å². The van der Waals surface area contributed by atoms with Crippen molar-refractivity contribution >= 4 is 69.3 Å². The quantitative estimate of drug-likeness (QED) is 0.0836. The van der Waals surface area contributed by atoms with Gasteiger partial charge in [-0.1, -0.05) is 42.5 Å². The van der Waals surface area contributed by atoms with Gasteiger partial charge in [-0.15, -0.1) is 0 Å². The van der Waals surface area contributed by atoms with E-state index < -0.39 is 47.4 Å². The maximum Gasteiger partial charge on any atom is 0.408 e. The molecule has 12 nitrogen and oxygen atoms in total. The summed E-state index contributed by atoms with van der Waals surface area (Å²) in [6.45, 7) is 10.5. The van der Waals surface area contributed by atoms with Gasteiger partial charge in [-0.05, 0) is 128 Å². The van der Waals surface area contributed by atoms with Crippen molar-refractivity contribution < 1.29 is 48.7 Å². The number of nitrogens with one attached hydrogen (secondary N) is 2. The first-order chi connectivity index (χ1) is 22.7. The average molecular weight is 905 g/mol. The summed E-state index contributed by atoms with van der Waals surface area (Å²) in [5, 5.41) is 33.2. The zero-order valence-corrected chi connectivity index (χ0v) is 32.4. The molecule has 0 aliphatic heterocycles. The van der Waals surface area contributed by atoms with Crippen molar-refractivity contribution in [1.82, 2.24) is 10.6 Å². The fraction of sp³-hybridized carbons (Fsp3) is 0.371. The number of halogens is 2. The minimum absolute atomic E-state index is 0.102. The van der Waals surface area contributed by atoms with Crippen molar-refractivity contribution in [3.05, 3.63) is 90.6 Å². The number of phenolic OH excluding ortho intramolecular Hbond substituents is 2. The lowest BCUT2D eigenvalue weighted by atomic mass is 10.1. The number of carboxylic acid groups (broad SMARTS) is 1. The van der Waals surface area contributed by atoms with Gasteiger partial charge in [0.2, 0.25) is 0 Å². The van der Waals surface area contributed by atoms with E-state index >= 15 is 0 Å². The molecule has 14 heteroatoms. The minimum Gasteiger partial charge on any atom is -0.507 e. The largest absolute Gasteiger partial charge is 0.507 e. The van der Waals surface area contributed by atoms with E-state index in [2.05, 4.69) is 10.6 Å². The molecule has 266 valence electrons. The van der Waals surface area contributed by atoms with Crippen LogP contribution in [-0.2, 0) is 43.2 Å². The number of aromatic hydroxyl groups is 2. The van der Waals surface area contributed by atoms with Gasteiger partial charge < -0.3 is 40.2 Å². The molecule has 2 atom stereocenters. The molecule has 3 aromatic rings. The van der Waals surface area contributed by atoms with Crippen LogP contribution in [0.25, 0.3) is 0 Å². The van der Waals surface area contributed by atoms with Crippen LogP contribution in [0.1, 0.15) is 58.2 Å². The maximum absolute atomic E-state index is 12.6. The zero-order valence-electron chi connectivity index (χ0n) is 28.1. The Hall–Kier alpha value is -3.80. The highest BCUT2D eigenvalue weighted by Crippen LogP contribution is 2.22. The van der Waals surface area contributed by atoms with Crippen LogP contribution in [0.2, 0.25) is 0 Å². The van der Waals surface area contributed by atoms with Gasteiger partial charge in [-0.2, -0.15) is 0 Å². The molecule has 49 heavy (non-hydrogen) atoms.